The van der Waals surface area contributed by atoms with E-state index >= 15 is 0 Å². The molecule has 0 aliphatic rings. The summed E-state index contributed by atoms with van der Waals surface area (Å²) in [5, 5.41) is 3.13. The van der Waals surface area contributed by atoms with Gasteiger partial charge < -0.3 is 15.5 Å². The molecule has 0 amide bonds. The fraction of sp³-hybridized carbons (Fsp3) is 0.231. The van der Waals surface area contributed by atoms with Crippen LogP contribution in [0.4, 0.5) is 11.4 Å². The molecule has 0 fully saturated rings. The van der Waals surface area contributed by atoms with Crippen molar-refractivity contribution in [2.45, 2.75) is 20.4 Å². The fourth-order valence-electron chi connectivity index (χ4n) is 1.63. The highest BCUT2D eigenvalue weighted by atomic mass is 16.4. The molecular weight excluding hydrogens is 230 g/mol. The number of rotatable bonds is 4. The minimum atomic E-state index is -0.0527. The summed E-state index contributed by atoms with van der Waals surface area (Å²) >= 11 is 0. The lowest BCUT2D eigenvalue weighted by Gasteiger charge is -2.07. The Bertz CT molecular complexity index is 575. The van der Waals surface area contributed by atoms with Gasteiger partial charge in [0.05, 0.1) is 12.7 Å². The molecule has 1 aromatic carbocycles. The molecule has 5 heteroatoms. The van der Waals surface area contributed by atoms with Crippen molar-refractivity contribution in [3.63, 3.8) is 0 Å². The summed E-state index contributed by atoms with van der Waals surface area (Å²) in [5.74, 6) is 1.32. The number of nitrogens with one attached hydrogen (secondary N) is 1. The van der Waals surface area contributed by atoms with Gasteiger partial charge in [-0.05, 0) is 32.0 Å². The number of nitrogen functional groups attached to an aromatic ring is 1. The van der Waals surface area contributed by atoms with Crippen molar-refractivity contribution in [2.24, 2.45) is 0 Å². The predicted octanol–water partition coefficient (Wildman–Crippen LogP) is 2.38. The van der Waals surface area contributed by atoms with Crippen LogP contribution in [0.15, 0.2) is 28.8 Å². The Balaban J connectivity index is 2.10. The molecule has 0 aliphatic heterocycles. The topological polar surface area (TPSA) is 81.2 Å². The number of carbonyl (C=O) groups is 1. The zero-order chi connectivity index (χ0) is 13.1. The predicted molar refractivity (Wildman–Crippen MR) is 69.4 cm³/mol. The van der Waals surface area contributed by atoms with E-state index in [9.17, 15) is 4.79 Å². The minimum absolute atomic E-state index is 0.0527. The first-order valence-electron chi connectivity index (χ1n) is 5.62. The van der Waals surface area contributed by atoms with Crippen molar-refractivity contribution >= 4 is 17.2 Å². The molecule has 0 radical (unpaired) electrons. The van der Waals surface area contributed by atoms with Crippen LogP contribution in [0.5, 0.6) is 0 Å². The number of oxazole rings is 1. The van der Waals surface area contributed by atoms with Gasteiger partial charge in [-0.25, -0.2) is 4.98 Å². The third-order valence-corrected chi connectivity index (χ3v) is 2.55. The van der Waals surface area contributed by atoms with E-state index in [2.05, 4.69) is 10.3 Å². The molecule has 0 saturated carbocycles. The van der Waals surface area contributed by atoms with E-state index in [1.807, 2.05) is 13.0 Å². The quantitative estimate of drug-likeness (QED) is 0.638. The molecule has 3 N–H and O–H groups in total. The summed E-state index contributed by atoms with van der Waals surface area (Å²) < 4.78 is 5.34. The van der Waals surface area contributed by atoms with Crippen LogP contribution in [-0.2, 0) is 6.54 Å². The van der Waals surface area contributed by atoms with Gasteiger partial charge in [-0.15, -0.1) is 0 Å². The van der Waals surface area contributed by atoms with Crippen molar-refractivity contribution < 1.29 is 9.21 Å². The number of aryl methyl sites for hydroxylation is 1. The standard InChI is InChI=1S/C13H15N3O2/c1-8-6-16-13(18-8)7-15-10-3-4-12(14)11(5-10)9(2)17/h3-6,15H,7,14H2,1-2H3. The Morgan fingerprint density at radius 3 is 2.89 bits per heavy atom. The Morgan fingerprint density at radius 1 is 1.50 bits per heavy atom. The number of hydrogen-bond donors (Lipinski definition) is 2. The number of hydrogen-bond acceptors (Lipinski definition) is 5. The normalized spacial score (nSPS) is 10.3. The van der Waals surface area contributed by atoms with Crippen molar-refractivity contribution in [1.82, 2.24) is 4.98 Å². The lowest BCUT2D eigenvalue weighted by molar-refractivity contribution is 0.101. The summed E-state index contributed by atoms with van der Waals surface area (Å²) in [6.45, 7) is 3.80. The number of anilines is 2. The number of Topliss-reactive ketones (excluding diaryl/α,β-unsaturated/α-hetero) is 1. The van der Waals surface area contributed by atoms with E-state index in [-0.39, 0.29) is 5.78 Å². The van der Waals surface area contributed by atoms with E-state index in [1.54, 1.807) is 18.3 Å². The zero-order valence-electron chi connectivity index (χ0n) is 10.4. The summed E-state index contributed by atoms with van der Waals surface area (Å²) in [6.07, 6.45) is 1.67. The number of nitrogens with two attached hydrogens (primary N) is 1. The molecular formula is C13H15N3O2. The van der Waals surface area contributed by atoms with Crippen LogP contribution in [0.3, 0.4) is 0 Å². The van der Waals surface area contributed by atoms with Gasteiger partial charge in [0.1, 0.15) is 5.76 Å². The van der Waals surface area contributed by atoms with E-state index in [0.29, 0.717) is 23.7 Å². The summed E-state index contributed by atoms with van der Waals surface area (Å²) in [4.78, 5) is 15.4. The monoisotopic (exact) mass is 245 g/mol. The number of nitrogens with zero attached hydrogens (tertiary/aromatic N) is 1. The molecule has 18 heavy (non-hydrogen) atoms. The van der Waals surface area contributed by atoms with Crippen LogP contribution in [0.2, 0.25) is 0 Å². The minimum Gasteiger partial charge on any atom is -0.444 e. The number of aromatic nitrogens is 1. The summed E-state index contributed by atoms with van der Waals surface area (Å²) in [6, 6.07) is 5.25. The average molecular weight is 245 g/mol. The highest BCUT2D eigenvalue weighted by molar-refractivity contribution is 5.99. The Labute approximate surface area is 105 Å². The second-order valence-corrected chi connectivity index (χ2v) is 4.08. The second kappa shape index (κ2) is 4.91. The van der Waals surface area contributed by atoms with Crippen LogP contribution >= 0.6 is 0 Å². The number of benzene rings is 1. The maximum Gasteiger partial charge on any atom is 0.213 e. The Hall–Kier alpha value is -2.30. The molecule has 94 valence electrons. The summed E-state index contributed by atoms with van der Waals surface area (Å²) in [7, 11) is 0. The summed E-state index contributed by atoms with van der Waals surface area (Å²) in [5.41, 5.74) is 7.54. The second-order valence-electron chi connectivity index (χ2n) is 4.08. The number of ketones is 1. The molecule has 1 heterocycles. The van der Waals surface area contributed by atoms with Crippen LogP contribution < -0.4 is 11.1 Å². The van der Waals surface area contributed by atoms with E-state index in [0.717, 1.165) is 11.4 Å². The van der Waals surface area contributed by atoms with Gasteiger partial charge in [0.15, 0.2) is 5.78 Å². The zero-order valence-corrected chi connectivity index (χ0v) is 10.4. The Morgan fingerprint density at radius 2 is 2.28 bits per heavy atom. The Kier molecular flexibility index (Phi) is 3.32. The van der Waals surface area contributed by atoms with E-state index in [1.165, 1.54) is 6.92 Å². The van der Waals surface area contributed by atoms with Gasteiger partial charge in [0.25, 0.3) is 0 Å². The molecule has 1 aromatic heterocycles. The molecule has 0 atom stereocenters. The van der Waals surface area contributed by atoms with Crippen LogP contribution in [0.25, 0.3) is 0 Å². The molecule has 0 spiro atoms. The van der Waals surface area contributed by atoms with Gasteiger partial charge in [-0.3, -0.25) is 4.79 Å². The van der Waals surface area contributed by atoms with Gasteiger partial charge in [-0.2, -0.15) is 0 Å². The molecule has 5 nitrogen and oxygen atoms in total. The molecule has 2 rings (SSSR count). The molecule has 2 aromatic rings. The first-order valence-corrected chi connectivity index (χ1v) is 5.62. The fourth-order valence-corrected chi connectivity index (χ4v) is 1.63. The van der Waals surface area contributed by atoms with Crippen molar-refractivity contribution in [3.05, 3.63) is 41.6 Å². The van der Waals surface area contributed by atoms with Crippen molar-refractivity contribution in [3.8, 4) is 0 Å². The van der Waals surface area contributed by atoms with Crippen molar-refractivity contribution in [2.75, 3.05) is 11.1 Å². The third-order valence-electron chi connectivity index (χ3n) is 2.55. The van der Waals surface area contributed by atoms with E-state index in [4.69, 9.17) is 10.2 Å². The first kappa shape index (κ1) is 12.2. The van der Waals surface area contributed by atoms with Gasteiger partial charge in [-0.1, -0.05) is 0 Å². The largest absolute Gasteiger partial charge is 0.444 e. The first-order chi connectivity index (χ1) is 8.56. The van der Waals surface area contributed by atoms with Crippen LogP contribution in [-0.4, -0.2) is 10.8 Å². The third kappa shape index (κ3) is 2.68. The number of carbonyl (C=O) groups excluding carboxylic acids is 1. The highest BCUT2D eigenvalue weighted by Crippen LogP contribution is 2.19. The highest BCUT2D eigenvalue weighted by Gasteiger charge is 2.06. The molecule has 0 aliphatic carbocycles. The van der Waals surface area contributed by atoms with Crippen LogP contribution in [0.1, 0.15) is 28.9 Å². The smallest absolute Gasteiger partial charge is 0.213 e. The van der Waals surface area contributed by atoms with Gasteiger partial charge in [0, 0.05) is 16.9 Å². The van der Waals surface area contributed by atoms with E-state index < -0.39 is 0 Å². The van der Waals surface area contributed by atoms with Gasteiger partial charge in [0.2, 0.25) is 5.89 Å². The molecule has 0 bridgehead atoms. The average Bonchev–Trinajstić information content (AvgIpc) is 2.74. The maximum atomic E-state index is 11.4. The maximum absolute atomic E-state index is 11.4. The van der Waals surface area contributed by atoms with Crippen LogP contribution in [0, 0.1) is 6.92 Å². The molecule has 0 saturated heterocycles. The SMILES string of the molecule is CC(=O)c1cc(NCc2ncc(C)o2)ccc1N. The van der Waals surface area contributed by atoms with Gasteiger partial charge >= 0.3 is 0 Å². The van der Waals surface area contributed by atoms with Crippen molar-refractivity contribution in [1.29, 1.82) is 0 Å². The molecule has 0 unspecified atom stereocenters. The lowest BCUT2D eigenvalue weighted by atomic mass is 10.1. The lowest BCUT2D eigenvalue weighted by Crippen LogP contribution is -2.04.